The van der Waals surface area contributed by atoms with Crippen LogP contribution in [0.5, 0.6) is 0 Å². The van der Waals surface area contributed by atoms with Crippen molar-refractivity contribution in [2.24, 2.45) is 0 Å². The van der Waals surface area contributed by atoms with Crippen molar-refractivity contribution in [3.63, 3.8) is 0 Å². The zero-order valence-electron chi connectivity index (χ0n) is 8.76. The van der Waals surface area contributed by atoms with E-state index in [1.807, 2.05) is 25.1 Å². The minimum atomic E-state index is -0.731. The number of halogens is 1. The standard InChI is InChI=1S/C12H11BrN2O/c1-8-2-3-9(6-10(8)13)12(16)11-7-14-4-5-15-11/h2-7,12,16H,1H3. The molecule has 16 heavy (non-hydrogen) atoms. The lowest BCUT2D eigenvalue weighted by molar-refractivity contribution is 0.214. The fourth-order valence-corrected chi connectivity index (χ4v) is 1.80. The normalized spacial score (nSPS) is 12.4. The van der Waals surface area contributed by atoms with Gasteiger partial charge in [0.25, 0.3) is 0 Å². The Balaban J connectivity index is 2.34. The molecular formula is C12H11BrN2O. The molecule has 0 fully saturated rings. The van der Waals surface area contributed by atoms with Crippen LogP contribution in [-0.4, -0.2) is 15.1 Å². The van der Waals surface area contributed by atoms with Gasteiger partial charge in [0.2, 0.25) is 0 Å². The Morgan fingerprint density at radius 2 is 2.12 bits per heavy atom. The van der Waals surface area contributed by atoms with E-state index in [-0.39, 0.29) is 0 Å². The average Bonchev–Trinajstić information content (AvgIpc) is 2.33. The summed E-state index contributed by atoms with van der Waals surface area (Å²) in [6.45, 7) is 2.00. The van der Waals surface area contributed by atoms with Crippen molar-refractivity contribution in [3.05, 3.63) is 58.1 Å². The maximum atomic E-state index is 10.1. The number of rotatable bonds is 2. The molecule has 0 aliphatic rings. The molecule has 4 heteroatoms. The summed E-state index contributed by atoms with van der Waals surface area (Å²) in [4.78, 5) is 8.02. The SMILES string of the molecule is Cc1ccc(C(O)c2cnccn2)cc1Br. The van der Waals surface area contributed by atoms with Crippen molar-refractivity contribution in [1.29, 1.82) is 0 Å². The highest BCUT2D eigenvalue weighted by molar-refractivity contribution is 9.10. The maximum Gasteiger partial charge on any atom is 0.123 e. The van der Waals surface area contributed by atoms with E-state index in [1.54, 1.807) is 18.6 Å². The first-order chi connectivity index (χ1) is 7.68. The minimum absolute atomic E-state index is 0.554. The minimum Gasteiger partial charge on any atom is -0.382 e. The van der Waals surface area contributed by atoms with Gasteiger partial charge in [0.05, 0.1) is 11.9 Å². The predicted molar refractivity (Wildman–Crippen MR) is 65.0 cm³/mol. The summed E-state index contributed by atoms with van der Waals surface area (Å²) in [6.07, 6.45) is 3.99. The second-order valence-electron chi connectivity index (χ2n) is 3.54. The number of hydrogen-bond acceptors (Lipinski definition) is 3. The van der Waals surface area contributed by atoms with Gasteiger partial charge in [-0.05, 0) is 24.1 Å². The highest BCUT2D eigenvalue weighted by Gasteiger charge is 2.12. The number of aryl methyl sites for hydroxylation is 1. The van der Waals surface area contributed by atoms with Crippen molar-refractivity contribution < 1.29 is 5.11 Å². The Morgan fingerprint density at radius 1 is 1.31 bits per heavy atom. The molecule has 1 aromatic heterocycles. The third kappa shape index (κ3) is 2.28. The molecule has 82 valence electrons. The van der Waals surface area contributed by atoms with Crippen LogP contribution in [0, 0.1) is 6.92 Å². The third-order valence-electron chi connectivity index (χ3n) is 2.37. The molecule has 0 radical (unpaired) electrons. The summed E-state index contributed by atoms with van der Waals surface area (Å²) in [6, 6.07) is 5.74. The highest BCUT2D eigenvalue weighted by atomic mass is 79.9. The van der Waals surface area contributed by atoms with Crippen molar-refractivity contribution in [3.8, 4) is 0 Å². The molecular weight excluding hydrogens is 268 g/mol. The molecule has 2 rings (SSSR count). The van der Waals surface area contributed by atoms with Crippen LogP contribution in [0.15, 0.2) is 41.3 Å². The van der Waals surface area contributed by atoms with Crippen LogP contribution in [0.2, 0.25) is 0 Å². The first-order valence-electron chi connectivity index (χ1n) is 4.88. The van der Waals surface area contributed by atoms with Gasteiger partial charge in [-0.1, -0.05) is 28.1 Å². The number of aliphatic hydroxyl groups is 1. The lowest BCUT2D eigenvalue weighted by Gasteiger charge is -2.11. The average molecular weight is 279 g/mol. The molecule has 0 aliphatic heterocycles. The first-order valence-corrected chi connectivity index (χ1v) is 5.68. The van der Waals surface area contributed by atoms with E-state index in [0.29, 0.717) is 5.69 Å². The lowest BCUT2D eigenvalue weighted by atomic mass is 10.1. The monoisotopic (exact) mass is 278 g/mol. The Hall–Kier alpha value is -1.26. The van der Waals surface area contributed by atoms with Gasteiger partial charge in [0.15, 0.2) is 0 Å². The molecule has 3 nitrogen and oxygen atoms in total. The highest BCUT2D eigenvalue weighted by Crippen LogP contribution is 2.24. The van der Waals surface area contributed by atoms with E-state index >= 15 is 0 Å². The Morgan fingerprint density at radius 3 is 2.75 bits per heavy atom. The van der Waals surface area contributed by atoms with Gasteiger partial charge < -0.3 is 5.11 Å². The molecule has 1 atom stereocenters. The molecule has 0 aliphatic carbocycles. The van der Waals surface area contributed by atoms with Crippen LogP contribution >= 0.6 is 15.9 Å². The fraction of sp³-hybridized carbons (Fsp3) is 0.167. The van der Waals surface area contributed by atoms with E-state index in [0.717, 1.165) is 15.6 Å². The van der Waals surface area contributed by atoms with Gasteiger partial charge in [0.1, 0.15) is 6.10 Å². The van der Waals surface area contributed by atoms with Crippen molar-refractivity contribution in [2.45, 2.75) is 13.0 Å². The van der Waals surface area contributed by atoms with Gasteiger partial charge in [-0.15, -0.1) is 0 Å². The number of hydrogen-bond donors (Lipinski definition) is 1. The predicted octanol–water partition coefficient (Wildman–Crippen LogP) is 2.63. The summed E-state index contributed by atoms with van der Waals surface area (Å²) in [5.74, 6) is 0. The van der Waals surface area contributed by atoms with E-state index in [1.165, 1.54) is 0 Å². The molecule has 0 amide bonds. The Bertz CT molecular complexity index is 488. The van der Waals surface area contributed by atoms with E-state index in [4.69, 9.17) is 0 Å². The molecule has 1 N–H and O–H groups in total. The smallest absolute Gasteiger partial charge is 0.123 e. The number of nitrogens with zero attached hydrogens (tertiary/aromatic N) is 2. The van der Waals surface area contributed by atoms with Crippen molar-refractivity contribution in [1.82, 2.24) is 9.97 Å². The number of benzene rings is 1. The van der Waals surface area contributed by atoms with E-state index < -0.39 is 6.10 Å². The van der Waals surface area contributed by atoms with Crippen LogP contribution in [0.25, 0.3) is 0 Å². The topological polar surface area (TPSA) is 46.0 Å². The fourth-order valence-electron chi connectivity index (χ4n) is 1.40. The van der Waals surface area contributed by atoms with Crippen LogP contribution in [0.3, 0.4) is 0 Å². The summed E-state index contributed by atoms with van der Waals surface area (Å²) in [5, 5.41) is 10.1. The maximum absolute atomic E-state index is 10.1. The molecule has 0 saturated heterocycles. The molecule has 0 spiro atoms. The quantitative estimate of drug-likeness (QED) is 0.919. The van der Waals surface area contributed by atoms with Crippen LogP contribution in [0.4, 0.5) is 0 Å². The van der Waals surface area contributed by atoms with Gasteiger partial charge in [-0.2, -0.15) is 0 Å². The van der Waals surface area contributed by atoms with Crippen LogP contribution in [-0.2, 0) is 0 Å². The molecule has 0 saturated carbocycles. The van der Waals surface area contributed by atoms with Crippen LogP contribution < -0.4 is 0 Å². The van der Waals surface area contributed by atoms with Gasteiger partial charge >= 0.3 is 0 Å². The summed E-state index contributed by atoms with van der Waals surface area (Å²) in [7, 11) is 0. The number of aliphatic hydroxyl groups excluding tert-OH is 1. The van der Waals surface area contributed by atoms with Crippen molar-refractivity contribution >= 4 is 15.9 Å². The molecule has 1 aromatic carbocycles. The molecule has 1 unspecified atom stereocenters. The van der Waals surface area contributed by atoms with Crippen LogP contribution in [0.1, 0.15) is 22.9 Å². The lowest BCUT2D eigenvalue weighted by Crippen LogP contribution is -2.02. The zero-order valence-corrected chi connectivity index (χ0v) is 10.3. The van der Waals surface area contributed by atoms with E-state index in [2.05, 4.69) is 25.9 Å². The summed E-state index contributed by atoms with van der Waals surface area (Å²) in [5.41, 5.74) is 2.49. The molecule has 1 heterocycles. The zero-order chi connectivity index (χ0) is 11.5. The third-order valence-corrected chi connectivity index (χ3v) is 3.23. The Labute approximate surface area is 102 Å². The molecule has 2 aromatic rings. The van der Waals surface area contributed by atoms with Gasteiger partial charge in [-0.25, -0.2) is 0 Å². The number of aromatic nitrogens is 2. The second kappa shape index (κ2) is 4.72. The van der Waals surface area contributed by atoms with Gasteiger partial charge in [0, 0.05) is 16.9 Å². The van der Waals surface area contributed by atoms with Gasteiger partial charge in [-0.3, -0.25) is 9.97 Å². The first kappa shape index (κ1) is 11.2. The summed E-state index contributed by atoms with van der Waals surface area (Å²) >= 11 is 3.44. The Kier molecular flexibility index (Phi) is 3.31. The van der Waals surface area contributed by atoms with Crippen molar-refractivity contribution in [2.75, 3.05) is 0 Å². The summed E-state index contributed by atoms with van der Waals surface area (Å²) < 4.78 is 0.980. The second-order valence-corrected chi connectivity index (χ2v) is 4.40. The van der Waals surface area contributed by atoms with E-state index in [9.17, 15) is 5.11 Å². The molecule has 0 bridgehead atoms. The largest absolute Gasteiger partial charge is 0.382 e.